The Morgan fingerprint density at radius 3 is 2.75 bits per heavy atom. The smallest absolute Gasteiger partial charge is 0.0899 e. The van der Waals surface area contributed by atoms with Gasteiger partial charge in [0.15, 0.2) is 0 Å². The van der Waals surface area contributed by atoms with Crippen LogP contribution < -0.4 is 0 Å². The third kappa shape index (κ3) is 3.62. The molecule has 46 valence electrons. The first-order valence-corrected chi connectivity index (χ1v) is 2.78. The Balaban J connectivity index is 3.35. The molecule has 8 heavy (non-hydrogen) atoms. The Morgan fingerprint density at radius 1 is 1.75 bits per heavy atom. The van der Waals surface area contributed by atoms with Gasteiger partial charge in [0.1, 0.15) is 0 Å². The van der Waals surface area contributed by atoms with E-state index in [0.29, 0.717) is 0 Å². The Bertz CT molecular complexity index is 84.4. The van der Waals surface area contributed by atoms with Gasteiger partial charge in [-0.05, 0) is 6.42 Å². The van der Waals surface area contributed by atoms with Crippen LogP contribution in [0.25, 0.3) is 0 Å². The summed E-state index contributed by atoms with van der Waals surface area (Å²) in [6, 6.07) is 0. The molecular weight excluding hydrogens is 100 g/mol. The van der Waals surface area contributed by atoms with Crippen LogP contribution in [-0.2, 0) is 0 Å². The highest BCUT2D eigenvalue weighted by molar-refractivity contribution is 4.96. The molecule has 0 amide bonds. The lowest BCUT2D eigenvalue weighted by atomic mass is 10.3. The van der Waals surface area contributed by atoms with Gasteiger partial charge in [-0.1, -0.05) is 25.2 Å². The summed E-state index contributed by atoms with van der Waals surface area (Å²) in [5.74, 6) is 0. The minimum atomic E-state index is -0.463. The normalized spacial score (nSPS) is 14.2. The quantitative estimate of drug-likeness (QED) is 0.548. The summed E-state index contributed by atoms with van der Waals surface area (Å²) in [5, 5.41) is 8.78. The van der Waals surface area contributed by atoms with Gasteiger partial charge in [-0.25, -0.2) is 0 Å². The fraction of sp³-hybridized carbons (Fsp3) is 0.429. The largest absolute Gasteiger partial charge is 0.385 e. The van der Waals surface area contributed by atoms with E-state index < -0.39 is 6.10 Å². The first kappa shape index (κ1) is 7.44. The van der Waals surface area contributed by atoms with Crippen molar-refractivity contribution in [2.24, 2.45) is 0 Å². The monoisotopic (exact) mass is 112 g/mol. The number of aliphatic hydroxyl groups is 1. The highest BCUT2D eigenvalue weighted by atomic mass is 16.3. The first-order chi connectivity index (χ1) is 3.81. The van der Waals surface area contributed by atoms with Crippen molar-refractivity contribution in [2.45, 2.75) is 19.4 Å². The zero-order valence-electron chi connectivity index (χ0n) is 5.17. The standard InChI is InChI=1S/C7H12O/c1-3-5-6-7(8)4-2/h4-8H,2-3H2,1H3/b6-5+. The predicted molar refractivity (Wildman–Crippen MR) is 35.6 cm³/mol. The van der Waals surface area contributed by atoms with Crippen molar-refractivity contribution < 1.29 is 5.11 Å². The van der Waals surface area contributed by atoms with E-state index in [1.807, 2.05) is 13.0 Å². The molecule has 0 saturated heterocycles. The van der Waals surface area contributed by atoms with Gasteiger partial charge >= 0.3 is 0 Å². The van der Waals surface area contributed by atoms with Crippen molar-refractivity contribution in [2.75, 3.05) is 0 Å². The third-order valence-corrected chi connectivity index (χ3v) is 0.810. The van der Waals surface area contributed by atoms with Crippen LogP contribution in [0.1, 0.15) is 13.3 Å². The highest BCUT2D eigenvalue weighted by Gasteiger charge is 1.84. The van der Waals surface area contributed by atoms with Gasteiger partial charge in [0.25, 0.3) is 0 Å². The molecule has 1 N–H and O–H groups in total. The molecule has 1 nitrogen and oxygen atoms in total. The maximum Gasteiger partial charge on any atom is 0.0899 e. The van der Waals surface area contributed by atoms with Crippen molar-refractivity contribution in [3.05, 3.63) is 24.8 Å². The zero-order chi connectivity index (χ0) is 6.41. The van der Waals surface area contributed by atoms with Gasteiger partial charge in [-0.3, -0.25) is 0 Å². The average Bonchev–Trinajstić information content (AvgIpc) is 1.83. The summed E-state index contributed by atoms with van der Waals surface area (Å²) in [7, 11) is 0. The van der Waals surface area contributed by atoms with E-state index in [2.05, 4.69) is 6.58 Å². The summed E-state index contributed by atoms with van der Waals surface area (Å²) in [4.78, 5) is 0. The minimum absolute atomic E-state index is 0.463. The molecule has 0 aliphatic carbocycles. The van der Waals surface area contributed by atoms with Crippen LogP contribution in [0.2, 0.25) is 0 Å². The second kappa shape index (κ2) is 4.60. The Kier molecular flexibility index (Phi) is 4.27. The van der Waals surface area contributed by atoms with Crippen LogP contribution >= 0.6 is 0 Å². The Labute approximate surface area is 50.3 Å². The van der Waals surface area contributed by atoms with E-state index in [9.17, 15) is 0 Å². The lowest BCUT2D eigenvalue weighted by Gasteiger charge is -1.91. The molecule has 0 aromatic heterocycles. The van der Waals surface area contributed by atoms with Gasteiger partial charge in [0, 0.05) is 0 Å². The highest BCUT2D eigenvalue weighted by Crippen LogP contribution is 1.87. The molecule has 0 radical (unpaired) electrons. The fourth-order valence-electron chi connectivity index (χ4n) is 0.354. The average molecular weight is 112 g/mol. The lowest BCUT2D eigenvalue weighted by molar-refractivity contribution is 0.271. The fourth-order valence-corrected chi connectivity index (χ4v) is 0.354. The Hall–Kier alpha value is -0.560. The van der Waals surface area contributed by atoms with E-state index in [0.717, 1.165) is 6.42 Å². The second-order valence-corrected chi connectivity index (χ2v) is 1.56. The van der Waals surface area contributed by atoms with Crippen molar-refractivity contribution in [1.29, 1.82) is 0 Å². The van der Waals surface area contributed by atoms with Gasteiger partial charge in [0.2, 0.25) is 0 Å². The Morgan fingerprint density at radius 2 is 2.38 bits per heavy atom. The van der Waals surface area contributed by atoms with Crippen LogP contribution in [0.5, 0.6) is 0 Å². The maximum atomic E-state index is 8.78. The zero-order valence-corrected chi connectivity index (χ0v) is 5.17. The van der Waals surface area contributed by atoms with Gasteiger partial charge in [0.05, 0.1) is 6.10 Å². The molecule has 0 aliphatic heterocycles. The molecule has 0 heterocycles. The maximum absolute atomic E-state index is 8.78. The van der Waals surface area contributed by atoms with Crippen molar-refractivity contribution in [3.63, 3.8) is 0 Å². The van der Waals surface area contributed by atoms with Gasteiger partial charge in [-0.2, -0.15) is 0 Å². The van der Waals surface area contributed by atoms with Crippen molar-refractivity contribution in [1.82, 2.24) is 0 Å². The number of rotatable bonds is 3. The van der Waals surface area contributed by atoms with E-state index in [4.69, 9.17) is 5.11 Å². The van der Waals surface area contributed by atoms with E-state index in [-0.39, 0.29) is 0 Å². The molecule has 0 fully saturated rings. The van der Waals surface area contributed by atoms with Crippen LogP contribution in [-0.4, -0.2) is 11.2 Å². The summed E-state index contributed by atoms with van der Waals surface area (Å²) in [6.45, 7) is 5.43. The molecule has 0 saturated carbocycles. The molecule has 1 atom stereocenters. The molecule has 0 aliphatic rings. The number of hydrogen-bond acceptors (Lipinski definition) is 1. The predicted octanol–water partition coefficient (Wildman–Crippen LogP) is 1.50. The SMILES string of the molecule is C=CC(O)/C=C/CC. The second-order valence-electron chi connectivity index (χ2n) is 1.56. The molecule has 0 rings (SSSR count). The van der Waals surface area contributed by atoms with Crippen molar-refractivity contribution >= 4 is 0 Å². The van der Waals surface area contributed by atoms with Gasteiger partial charge in [-0.15, -0.1) is 6.58 Å². The molecule has 0 aromatic carbocycles. The number of hydrogen-bond donors (Lipinski definition) is 1. The van der Waals surface area contributed by atoms with E-state index in [1.54, 1.807) is 6.08 Å². The summed E-state index contributed by atoms with van der Waals surface area (Å²) >= 11 is 0. The van der Waals surface area contributed by atoms with Crippen molar-refractivity contribution in [3.8, 4) is 0 Å². The number of allylic oxidation sites excluding steroid dienone is 1. The van der Waals surface area contributed by atoms with Crippen LogP contribution in [0.15, 0.2) is 24.8 Å². The first-order valence-electron chi connectivity index (χ1n) is 2.78. The van der Waals surface area contributed by atoms with E-state index >= 15 is 0 Å². The topological polar surface area (TPSA) is 20.2 Å². The van der Waals surface area contributed by atoms with Gasteiger partial charge < -0.3 is 5.11 Å². The summed E-state index contributed by atoms with van der Waals surface area (Å²) < 4.78 is 0. The molecular formula is C7H12O. The van der Waals surface area contributed by atoms with Crippen LogP contribution in [0.3, 0.4) is 0 Å². The third-order valence-electron chi connectivity index (χ3n) is 0.810. The molecule has 0 aromatic rings. The number of aliphatic hydroxyl groups excluding tert-OH is 1. The summed E-state index contributed by atoms with van der Waals surface area (Å²) in [6.07, 6.45) is 5.62. The molecule has 0 spiro atoms. The van der Waals surface area contributed by atoms with E-state index in [1.165, 1.54) is 6.08 Å². The molecule has 1 unspecified atom stereocenters. The molecule has 0 bridgehead atoms. The summed E-state index contributed by atoms with van der Waals surface area (Å²) in [5.41, 5.74) is 0. The van der Waals surface area contributed by atoms with Crippen LogP contribution in [0, 0.1) is 0 Å². The minimum Gasteiger partial charge on any atom is -0.385 e. The van der Waals surface area contributed by atoms with Crippen LogP contribution in [0.4, 0.5) is 0 Å². The lowest BCUT2D eigenvalue weighted by Crippen LogP contribution is -1.93. The molecule has 1 heteroatoms.